The van der Waals surface area contributed by atoms with Gasteiger partial charge in [-0.1, -0.05) is 18.2 Å². The van der Waals surface area contributed by atoms with E-state index in [-0.39, 0.29) is 12.1 Å². The van der Waals surface area contributed by atoms with Crippen LogP contribution in [0.3, 0.4) is 0 Å². The second-order valence-corrected chi connectivity index (χ2v) is 4.59. The number of hydrogen-bond acceptors (Lipinski definition) is 3. The van der Waals surface area contributed by atoms with Gasteiger partial charge in [-0.2, -0.15) is 0 Å². The van der Waals surface area contributed by atoms with Gasteiger partial charge in [0.1, 0.15) is 5.82 Å². The van der Waals surface area contributed by atoms with E-state index in [1.54, 1.807) is 19.3 Å². The molecule has 5 nitrogen and oxygen atoms in total. The van der Waals surface area contributed by atoms with Crippen LogP contribution in [0.4, 0.5) is 16.3 Å². The summed E-state index contributed by atoms with van der Waals surface area (Å²) in [5.41, 5.74) is 7.54. The number of aromatic nitrogens is 1. The van der Waals surface area contributed by atoms with Crippen LogP contribution >= 0.6 is 0 Å². The van der Waals surface area contributed by atoms with Crippen LogP contribution in [-0.4, -0.2) is 18.1 Å². The van der Waals surface area contributed by atoms with Gasteiger partial charge < -0.3 is 11.1 Å². The third-order valence-corrected chi connectivity index (χ3v) is 2.99. The number of pyridine rings is 1. The zero-order valence-electron chi connectivity index (χ0n) is 11.6. The normalized spacial score (nSPS) is 11.8. The Kier molecular flexibility index (Phi) is 4.32. The summed E-state index contributed by atoms with van der Waals surface area (Å²) in [5, 5.41) is 2.81. The molecule has 0 saturated carbocycles. The van der Waals surface area contributed by atoms with Crippen LogP contribution < -0.4 is 16.0 Å². The molecule has 2 rings (SSSR count). The fourth-order valence-electron chi connectivity index (χ4n) is 1.73. The summed E-state index contributed by atoms with van der Waals surface area (Å²) in [7, 11) is 1.67. The van der Waals surface area contributed by atoms with Gasteiger partial charge in [-0.05, 0) is 36.8 Å². The number of benzene rings is 1. The van der Waals surface area contributed by atoms with Gasteiger partial charge >= 0.3 is 6.03 Å². The molecule has 1 aromatic carbocycles. The lowest BCUT2D eigenvalue weighted by atomic mass is 10.1. The first-order valence-electron chi connectivity index (χ1n) is 6.39. The average Bonchev–Trinajstić information content (AvgIpc) is 2.48. The molecule has 0 saturated heterocycles. The van der Waals surface area contributed by atoms with Crippen molar-refractivity contribution in [1.82, 2.24) is 4.98 Å². The summed E-state index contributed by atoms with van der Waals surface area (Å²) in [4.78, 5) is 17.7. The maximum absolute atomic E-state index is 12.1. The van der Waals surface area contributed by atoms with Crippen molar-refractivity contribution in [3.8, 4) is 0 Å². The molecule has 5 heteroatoms. The number of nitrogens with zero attached hydrogens (tertiary/aromatic N) is 2. The van der Waals surface area contributed by atoms with Crippen molar-refractivity contribution >= 4 is 17.5 Å². The van der Waals surface area contributed by atoms with E-state index >= 15 is 0 Å². The van der Waals surface area contributed by atoms with E-state index < -0.39 is 0 Å². The van der Waals surface area contributed by atoms with Gasteiger partial charge in [0, 0.05) is 25.0 Å². The van der Waals surface area contributed by atoms with Crippen LogP contribution in [0.1, 0.15) is 18.5 Å². The first kappa shape index (κ1) is 14.0. The number of amides is 2. The van der Waals surface area contributed by atoms with E-state index in [1.807, 2.05) is 43.3 Å². The fraction of sp³-hybridized carbons (Fsp3) is 0.200. The van der Waals surface area contributed by atoms with E-state index in [1.165, 1.54) is 4.90 Å². The number of carbonyl (C=O) groups is 1. The molecule has 104 valence electrons. The highest BCUT2D eigenvalue weighted by molar-refractivity contribution is 6.00. The van der Waals surface area contributed by atoms with Gasteiger partial charge in [0.15, 0.2) is 0 Å². The molecule has 3 N–H and O–H groups in total. The molecule has 1 aromatic heterocycles. The highest BCUT2D eigenvalue weighted by Crippen LogP contribution is 2.15. The van der Waals surface area contributed by atoms with E-state index in [0.717, 1.165) is 11.3 Å². The number of carbonyl (C=O) groups excluding carboxylic acids is 1. The second kappa shape index (κ2) is 6.16. The van der Waals surface area contributed by atoms with Gasteiger partial charge in [-0.25, -0.2) is 9.78 Å². The fourth-order valence-corrected chi connectivity index (χ4v) is 1.73. The minimum absolute atomic E-state index is 0.0176. The molecule has 2 amide bonds. The lowest BCUT2D eigenvalue weighted by Crippen LogP contribution is -2.31. The van der Waals surface area contributed by atoms with Crippen LogP contribution in [0.2, 0.25) is 0 Å². The molecule has 0 spiro atoms. The first-order chi connectivity index (χ1) is 9.58. The summed E-state index contributed by atoms with van der Waals surface area (Å²) in [5.74, 6) is 0.595. The monoisotopic (exact) mass is 270 g/mol. The Balaban J connectivity index is 2.04. The number of hydrogen-bond donors (Lipinski definition) is 2. The number of nitrogens with two attached hydrogens (primary N) is 1. The largest absolute Gasteiger partial charge is 0.327 e. The molecule has 1 atom stereocenters. The Morgan fingerprint density at radius 1 is 1.25 bits per heavy atom. The first-order valence-corrected chi connectivity index (χ1v) is 6.39. The molecule has 20 heavy (non-hydrogen) atoms. The molecule has 0 aliphatic heterocycles. The van der Waals surface area contributed by atoms with Crippen LogP contribution in [0.15, 0.2) is 48.7 Å². The minimum Gasteiger partial charge on any atom is -0.324 e. The number of nitrogens with one attached hydrogen (secondary N) is 1. The van der Waals surface area contributed by atoms with Gasteiger partial charge in [-0.3, -0.25) is 4.90 Å². The van der Waals surface area contributed by atoms with Crippen molar-refractivity contribution in [2.24, 2.45) is 5.73 Å². The molecule has 1 heterocycles. The smallest absolute Gasteiger partial charge is 0.324 e. The summed E-state index contributed by atoms with van der Waals surface area (Å²) < 4.78 is 0. The van der Waals surface area contributed by atoms with Crippen molar-refractivity contribution in [3.05, 3.63) is 54.2 Å². The van der Waals surface area contributed by atoms with Crippen molar-refractivity contribution in [2.75, 3.05) is 17.3 Å². The molecular formula is C15H18N4O. The second-order valence-electron chi connectivity index (χ2n) is 4.59. The standard InChI is InChI=1S/C15H18N4O/c1-11(16)12-6-8-13(9-7-12)18-15(20)19(2)14-5-3-4-10-17-14/h3-11H,16H2,1-2H3,(H,18,20). The predicted octanol–water partition coefficient (Wildman–Crippen LogP) is 2.77. The highest BCUT2D eigenvalue weighted by atomic mass is 16.2. The Labute approximate surface area is 118 Å². The summed E-state index contributed by atoms with van der Waals surface area (Å²) >= 11 is 0. The average molecular weight is 270 g/mol. The Hall–Kier alpha value is -2.40. The Morgan fingerprint density at radius 3 is 2.50 bits per heavy atom. The molecular weight excluding hydrogens is 252 g/mol. The lowest BCUT2D eigenvalue weighted by Gasteiger charge is -2.17. The number of rotatable bonds is 3. The van der Waals surface area contributed by atoms with Crippen molar-refractivity contribution in [3.63, 3.8) is 0 Å². The summed E-state index contributed by atoms with van der Waals surface area (Å²) in [6.45, 7) is 1.92. The zero-order valence-corrected chi connectivity index (χ0v) is 11.6. The van der Waals surface area contributed by atoms with Crippen molar-refractivity contribution in [2.45, 2.75) is 13.0 Å². The van der Waals surface area contributed by atoms with Crippen LogP contribution in [0.25, 0.3) is 0 Å². The predicted molar refractivity (Wildman–Crippen MR) is 80.7 cm³/mol. The summed E-state index contributed by atoms with van der Waals surface area (Å²) in [6, 6.07) is 12.6. The van der Waals surface area contributed by atoms with Crippen LogP contribution in [-0.2, 0) is 0 Å². The van der Waals surface area contributed by atoms with E-state index in [2.05, 4.69) is 10.3 Å². The maximum Gasteiger partial charge on any atom is 0.327 e. The topological polar surface area (TPSA) is 71.2 Å². The van der Waals surface area contributed by atoms with Gasteiger partial charge in [-0.15, -0.1) is 0 Å². The van der Waals surface area contributed by atoms with E-state index in [4.69, 9.17) is 5.73 Å². The van der Waals surface area contributed by atoms with E-state index in [9.17, 15) is 4.79 Å². The molecule has 0 aliphatic carbocycles. The van der Waals surface area contributed by atoms with Gasteiger partial charge in [0.2, 0.25) is 0 Å². The molecule has 2 aromatic rings. The van der Waals surface area contributed by atoms with Crippen molar-refractivity contribution < 1.29 is 4.79 Å². The minimum atomic E-state index is -0.239. The summed E-state index contributed by atoms with van der Waals surface area (Å²) in [6.07, 6.45) is 1.65. The maximum atomic E-state index is 12.1. The Morgan fingerprint density at radius 2 is 1.95 bits per heavy atom. The molecule has 1 unspecified atom stereocenters. The SMILES string of the molecule is CC(N)c1ccc(NC(=O)N(C)c2ccccn2)cc1. The quantitative estimate of drug-likeness (QED) is 0.900. The lowest BCUT2D eigenvalue weighted by molar-refractivity contribution is 0.258. The molecule has 0 radical (unpaired) electrons. The molecule has 0 fully saturated rings. The number of anilines is 2. The van der Waals surface area contributed by atoms with Crippen molar-refractivity contribution in [1.29, 1.82) is 0 Å². The van der Waals surface area contributed by atoms with Gasteiger partial charge in [0.05, 0.1) is 0 Å². The molecule has 0 bridgehead atoms. The van der Waals surface area contributed by atoms with Crippen LogP contribution in [0, 0.1) is 0 Å². The zero-order chi connectivity index (χ0) is 14.5. The Bertz CT molecular complexity index is 566. The third-order valence-electron chi connectivity index (χ3n) is 2.99. The van der Waals surface area contributed by atoms with Crippen LogP contribution in [0.5, 0.6) is 0 Å². The highest BCUT2D eigenvalue weighted by Gasteiger charge is 2.11. The third kappa shape index (κ3) is 3.33. The van der Waals surface area contributed by atoms with Gasteiger partial charge in [0.25, 0.3) is 0 Å². The number of urea groups is 1. The molecule has 0 aliphatic rings. The van der Waals surface area contributed by atoms with E-state index in [0.29, 0.717) is 5.82 Å².